The van der Waals surface area contributed by atoms with E-state index < -0.39 is 35.9 Å². The van der Waals surface area contributed by atoms with Gasteiger partial charge in [0.1, 0.15) is 19.0 Å². The van der Waals surface area contributed by atoms with Crippen molar-refractivity contribution < 1.29 is 18.8 Å². The molecule has 1 aromatic rings. The zero-order valence-electron chi connectivity index (χ0n) is 23.9. The monoisotopic (exact) mass is 509 g/mol. The van der Waals surface area contributed by atoms with E-state index in [1.54, 1.807) is 0 Å². The molecule has 0 saturated heterocycles. The molecule has 190 valence electrons. The Morgan fingerprint density at radius 1 is 0.697 bits per heavy atom. The van der Waals surface area contributed by atoms with Crippen LogP contribution in [0.3, 0.4) is 0 Å². The Morgan fingerprint density at radius 2 is 1.09 bits per heavy atom. The zero-order chi connectivity index (χ0) is 26.5. The lowest BCUT2D eigenvalue weighted by molar-refractivity contribution is -0.319. The first-order valence-electron chi connectivity index (χ1n) is 12.0. The van der Waals surface area contributed by atoms with Crippen LogP contribution in [0, 0.1) is 0 Å². The number of hydrogen-bond acceptors (Lipinski definition) is 4. The highest BCUT2D eigenvalue weighted by atomic mass is 28.4. The van der Waals surface area contributed by atoms with Crippen LogP contribution in [0.2, 0.25) is 54.4 Å². The topological polar surface area (TPSA) is 58.6 Å². The number of hydrogen-bond donors (Lipinski definition) is 0. The van der Waals surface area contributed by atoms with E-state index in [0.29, 0.717) is 5.56 Å². The molecule has 0 N–H and O–H groups in total. The van der Waals surface area contributed by atoms with E-state index in [4.69, 9.17) is 8.85 Å². The molecule has 1 rings (SSSR count). The minimum Gasteiger partial charge on any atom is -0.547 e. The second kappa shape index (κ2) is 8.95. The SMILES string of the molecule is CC(C)(C)[Si](C)(C)Oc1ccc(C(O[Si](C)(C)C(C)(C)C)(C(=O)[O-])[Si](C)(C)C(C)(C)C)cc1. The van der Waals surface area contributed by atoms with Gasteiger partial charge in [0.25, 0.3) is 0 Å². The summed E-state index contributed by atoms with van der Waals surface area (Å²) in [6.45, 7) is 32.3. The summed E-state index contributed by atoms with van der Waals surface area (Å²) in [5.74, 6) is -0.350. The Bertz CT molecular complexity index is 838. The highest BCUT2D eigenvalue weighted by Gasteiger charge is 2.59. The Morgan fingerprint density at radius 3 is 1.39 bits per heavy atom. The Labute approximate surface area is 206 Å². The van der Waals surface area contributed by atoms with Gasteiger partial charge in [-0.1, -0.05) is 87.5 Å². The van der Waals surface area contributed by atoms with Gasteiger partial charge >= 0.3 is 0 Å². The van der Waals surface area contributed by atoms with Crippen LogP contribution in [-0.2, 0) is 14.4 Å². The molecular formula is C26H49O4Si3-. The van der Waals surface area contributed by atoms with Gasteiger partial charge in [-0.3, -0.25) is 0 Å². The summed E-state index contributed by atoms with van der Waals surface area (Å²) in [5.41, 5.74) is 0.668. The lowest BCUT2D eigenvalue weighted by atomic mass is 10.1. The first kappa shape index (κ1) is 30.1. The number of carboxylic acid groups (broad SMARTS) is 1. The molecule has 33 heavy (non-hydrogen) atoms. The molecule has 0 radical (unpaired) electrons. The van der Waals surface area contributed by atoms with Crippen LogP contribution in [0.25, 0.3) is 0 Å². The standard InChI is InChI=1S/C26H50O4Si3/c1-23(2,3)31(10,11)26(22(27)28,30-33(14,15)25(7,8)9)20-16-18-21(19-17-20)29-32(12,13)24(4,5)6/h16-19H,1-15H3,(H,27,28)/p-1. The number of benzene rings is 1. The van der Waals surface area contributed by atoms with Gasteiger partial charge < -0.3 is 18.8 Å². The van der Waals surface area contributed by atoms with E-state index in [2.05, 4.69) is 102 Å². The van der Waals surface area contributed by atoms with Crippen LogP contribution < -0.4 is 9.53 Å². The molecule has 0 spiro atoms. The lowest BCUT2D eigenvalue weighted by Gasteiger charge is -2.57. The van der Waals surface area contributed by atoms with Crippen molar-refractivity contribution in [3.63, 3.8) is 0 Å². The minimum absolute atomic E-state index is 0.0764. The molecule has 0 aliphatic carbocycles. The molecule has 0 aliphatic rings. The maximum absolute atomic E-state index is 13.2. The molecule has 1 aromatic carbocycles. The molecule has 1 unspecified atom stereocenters. The summed E-state index contributed by atoms with van der Waals surface area (Å²) in [7, 11) is -7.12. The van der Waals surface area contributed by atoms with E-state index in [-0.39, 0.29) is 15.1 Å². The molecule has 0 aliphatic heterocycles. The lowest BCUT2D eigenvalue weighted by Crippen LogP contribution is -2.70. The molecule has 0 amide bonds. The molecule has 0 bridgehead atoms. The molecule has 0 aromatic heterocycles. The van der Waals surface area contributed by atoms with E-state index in [0.717, 1.165) is 5.75 Å². The van der Waals surface area contributed by atoms with Gasteiger partial charge in [0.15, 0.2) is 8.32 Å². The normalized spacial score (nSPS) is 16.3. The second-order valence-corrected chi connectivity index (χ2v) is 29.0. The van der Waals surface area contributed by atoms with Gasteiger partial charge in [-0.2, -0.15) is 0 Å². The summed E-state index contributed by atoms with van der Waals surface area (Å²) in [5, 5.41) is 11.4. The molecule has 0 fully saturated rings. The van der Waals surface area contributed by atoms with Crippen LogP contribution in [-0.4, -0.2) is 30.7 Å². The third-order valence-corrected chi connectivity index (χ3v) is 23.8. The van der Waals surface area contributed by atoms with Crippen molar-refractivity contribution in [2.24, 2.45) is 0 Å². The quantitative estimate of drug-likeness (QED) is 0.368. The van der Waals surface area contributed by atoms with Crippen LogP contribution in [0.1, 0.15) is 67.9 Å². The van der Waals surface area contributed by atoms with E-state index in [9.17, 15) is 9.90 Å². The van der Waals surface area contributed by atoms with Gasteiger partial charge in [-0.25, -0.2) is 0 Å². The van der Waals surface area contributed by atoms with Gasteiger partial charge in [0, 0.05) is 0 Å². The predicted octanol–water partition coefficient (Wildman–Crippen LogP) is 7.09. The van der Waals surface area contributed by atoms with E-state index in [1.807, 2.05) is 24.3 Å². The number of aliphatic carboxylic acids is 1. The Balaban J connectivity index is 3.76. The number of carbonyl (C=O) groups excluding carboxylic acids is 1. The largest absolute Gasteiger partial charge is 0.547 e. The van der Waals surface area contributed by atoms with Crippen LogP contribution in [0.5, 0.6) is 5.75 Å². The maximum atomic E-state index is 13.2. The number of rotatable bonds is 7. The first-order valence-corrected chi connectivity index (χ1v) is 20.9. The summed E-state index contributed by atoms with van der Waals surface area (Å²) >= 11 is 0. The third-order valence-electron chi connectivity index (χ3n) is 8.70. The van der Waals surface area contributed by atoms with Crippen molar-refractivity contribution in [1.82, 2.24) is 0 Å². The van der Waals surface area contributed by atoms with Crippen LogP contribution in [0.15, 0.2) is 24.3 Å². The average Bonchev–Trinajstić information content (AvgIpc) is 2.56. The van der Waals surface area contributed by atoms with Gasteiger partial charge in [0.05, 0.1) is 5.97 Å². The van der Waals surface area contributed by atoms with Crippen LogP contribution >= 0.6 is 0 Å². The average molecular weight is 510 g/mol. The summed E-state index contributed by atoms with van der Waals surface area (Å²) in [4.78, 5) is 13.2. The fraction of sp³-hybridized carbons (Fsp3) is 0.731. The third kappa shape index (κ3) is 5.68. The smallest absolute Gasteiger partial charge is 0.250 e. The van der Waals surface area contributed by atoms with Crippen molar-refractivity contribution in [2.75, 3.05) is 0 Å². The fourth-order valence-electron chi connectivity index (χ4n) is 3.23. The predicted molar refractivity (Wildman–Crippen MR) is 146 cm³/mol. The first-order chi connectivity index (χ1) is 14.3. The fourth-order valence-corrected chi connectivity index (χ4v) is 9.78. The number of carbonyl (C=O) groups is 1. The zero-order valence-corrected chi connectivity index (χ0v) is 26.9. The van der Waals surface area contributed by atoms with Gasteiger partial charge in [-0.15, -0.1) is 0 Å². The highest BCUT2D eigenvalue weighted by Crippen LogP contribution is 2.53. The van der Waals surface area contributed by atoms with E-state index in [1.165, 1.54) is 0 Å². The second-order valence-electron chi connectivity index (χ2n) is 14.1. The Hall–Kier alpha value is -0.899. The van der Waals surface area contributed by atoms with Crippen LogP contribution in [0.4, 0.5) is 0 Å². The summed E-state index contributed by atoms with van der Waals surface area (Å²) < 4.78 is 13.4. The molecule has 0 heterocycles. The molecule has 0 saturated carbocycles. The molecule has 7 heteroatoms. The maximum Gasteiger partial charge on any atom is 0.250 e. The van der Waals surface area contributed by atoms with Crippen molar-refractivity contribution in [1.29, 1.82) is 0 Å². The molecule has 4 nitrogen and oxygen atoms in total. The van der Waals surface area contributed by atoms with Gasteiger partial charge in [0.2, 0.25) is 8.32 Å². The summed E-state index contributed by atoms with van der Waals surface area (Å²) in [6, 6.07) is 7.61. The van der Waals surface area contributed by atoms with Crippen molar-refractivity contribution in [3.8, 4) is 5.75 Å². The van der Waals surface area contributed by atoms with Crippen molar-refractivity contribution in [3.05, 3.63) is 29.8 Å². The Kier molecular flexibility index (Phi) is 8.18. The van der Waals surface area contributed by atoms with Crippen molar-refractivity contribution >= 4 is 30.7 Å². The van der Waals surface area contributed by atoms with E-state index >= 15 is 0 Å². The molecule has 1 atom stereocenters. The van der Waals surface area contributed by atoms with Crippen molar-refractivity contribution in [2.45, 2.75) is 122 Å². The highest BCUT2D eigenvalue weighted by molar-refractivity contribution is 6.86. The van der Waals surface area contributed by atoms with Gasteiger partial charge in [-0.05, 0) is 59.0 Å². The minimum atomic E-state index is -2.65. The molecular weight excluding hydrogens is 461 g/mol. The number of carboxylic acids is 1. The summed E-state index contributed by atoms with van der Waals surface area (Å²) in [6.07, 6.45) is 0.